The Morgan fingerprint density at radius 2 is 2.04 bits per heavy atom. The Morgan fingerprint density at radius 1 is 1.26 bits per heavy atom. The van der Waals surface area contributed by atoms with E-state index in [4.69, 9.17) is 11.6 Å². The van der Waals surface area contributed by atoms with Crippen LogP contribution in [0.2, 0.25) is 5.02 Å². The van der Waals surface area contributed by atoms with Gasteiger partial charge in [-0.25, -0.2) is 4.79 Å². The number of benzene rings is 2. The fraction of sp³-hybridized carbons (Fsp3) is 0.222. The number of carboxylic acid groups (broad SMARTS) is 1. The summed E-state index contributed by atoms with van der Waals surface area (Å²) < 4.78 is 0. The number of aromatic carboxylic acids is 1. The lowest BCUT2D eigenvalue weighted by atomic mass is 9.85. The number of rotatable bonds is 1. The van der Waals surface area contributed by atoms with Gasteiger partial charge < -0.3 is 10.0 Å². The number of hydrogen-bond donors (Lipinski definition) is 1. The molecule has 0 aliphatic carbocycles. The molecule has 2 aliphatic heterocycles. The molecule has 2 heterocycles. The summed E-state index contributed by atoms with van der Waals surface area (Å²) in [5, 5.41) is 10.0. The van der Waals surface area contributed by atoms with Crippen molar-refractivity contribution in [1.29, 1.82) is 0 Å². The quantitative estimate of drug-likeness (QED) is 0.852. The monoisotopic (exact) mass is 327 g/mol. The molecule has 0 aromatic heterocycles. The minimum atomic E-state index is -1.07. The average molecular weight is 328 g/mol. The Balaban J connectivity index is 1.94. The van der Waals surface area contributed by atoms with Crippen molar-refractivity contribution in [3.05, 3.63) is 63.7 Å². The maximum absolute atomic E-state index is 12.9. The molecule has 0 radical (unpaired) electrons. The molecule has 2 aromatic rings. The number of hydrogen-bond acceptors (Lipinski definition) is 2. The molecule has 116 valence electrons. The van der Waals surface area contributed by atoms with Gasteiger partial charge in [0.1, 0.15) is 0 Å². The van der Waals surface area contributed by atoms with Crippen LogP contribution >= 0.6 is 11.6 Å². The first kappa shape index (κ1) is 14.3. The Labute approximate surface area is 138 Å². The van der Waals surface area contributed by atoms with E-state index in [-0.39, 0.29) is 23.4 Å². The predicted molar refractivity (Wildman–Crippen MR) is 87.4 cm³/mol. The molecule has 0 saturated carbocycles. The van der Waals surface area contributed by atoms with Gasteiger partial charge in [-0.3, -0.25) is 4.79 Å². The molecule has 2 aliphatic rings. The Kier molecular flexibility index (Phi) is 3.00. The average Bonchev–Trinajstić information content (AvgIpc) is 2.81. The van der Waals surface area contributed by atoms with Crippen LogP contribution in [0.15, 0.2) is 36.4 Å². The zero-order chi connectivity index (χ0) is 16.3. The minimum absolute atomic E-state index is 0.0741. The molecule has 2 aromatic carbocycles. The Morgan fingerprint density at radius 3 is 2.78 bits per heavy atom. The summed E-state index contributed by atoms with van der Waals surface area (Å²) >= 11 is 6.10. The van der Waals surface area contributed by atoms with Crippen LogP contribution in [0, 0.1) is 0 Å². The van der Waals surface area contributed by atoms with Gasteiger partial charge in [0.05, 0.1) is 17.2 Å². The molecule has 0 saturated heterocycles. The van der Waals surface area contributed by atoms with Crippen LogP contribution in [-0.2, 0) is 0 Å². The molecule has 23 heavy (non-hydrogen) atoms. The van der Waals surface area contributed by atoms with Gasteiger partial charge in [0, 0.05) is 10.7 Å². The van der Waals surface area contributed by atoms with Crippen LogP contribution in [0.25, 0.3) is 0 Å². The second-order valence-electron chi connectivity index (χ2n) is 6.11. The number of anilines is 1. The first-order valence-electron chi connectivity index (χ1n) is 7.48. The van der Waals surface area contributed by atoms with Crippen LogP contribution < -0.4 is 4.90 Å². The highest BCUT2D eigenvalue weighted by atomic mass is 35.5. The summed E-state index contributed by atoms with van der Waals surface area (Å²) in [6.07, 6.45) is 0.759. The number of halogens is 1. The zero-order valence-electron chi connectivity index (χ0n) is 12.4. The van der Waals surface area contributed by atoms with Gasteiger partial charge in [-0.05, 0) is 47.7 Å². The summed E-state index contributed by atoms with van der Waals surface area (Å²) in [6.45, 7) is 2.11. The Hall–Kier alpha value is -2.33. The van der Waals surface area contributed by atoms with Crippen molar-refractivity contribution in [3.63, 3.8) is 0 Å². The number of carbonyl (C=O) groups excluding carboxylic acids is 1. The normalized spacial score (nSPS) is 21.7. The number of nitrogens with zero attached hydrogens (tertiary/aromatic N) is 1. The van der Waals surface area contributed by atoms with Gasteiger partial charge in [-0.2, -0.15) is 0 Å². The van der Waals surface area contributed by atoms with Crippen molar-refractivity contribution >= 4 is 29.2 Å². The van der Waals surface area contributed by atoms with Crippen molar-refractivity contribution in [2.75, 3.05) is 4.90 Å². The Bertz CT molecular complexity index is 861. The second-order valence-corrected chi connectivity index (χ2v) is 6.54. The fourth-order valence-corrected chi connectivity index (χ4v) is 3.96. The first-order valence-corrected chi connectivity index (χ1v) is 7.86. The largest absolute Gasteiger partial charge is 0.478 e. The molecule has 4 nitrogen and oxygen atoms in total. The van der Waals surface area contributed by atoms with E-state index in [0.717, 1.165) is 23.2 Å². The number of fused-ring (bicyclic) bond motifs is 5. The first-order chi connectivity index (χ1) is 11.0. The summed E-state index contributed by atoms with van der Waals surface area (Å²) in [6, 6.07) is 10.5. The van der Waals surface area contributed by atoms with Crippen molar-refractivity contribution in [1.82, 2.24) is 0 Å². The third-order valence-corrected chi connectivity index (χ3v) is 5.02. The van der Waals surface area contributed by atoms with Crippen molar-refractivity contribution in [2.24, 2.45) is 0 Å². The fourth-order valence-electron chi connectivity index (χ4n) is 3.78. The van der Waals surface area contributed by atoms with E-state index >= 15 is 0 Å². The highest BCUT2D eigenvalue weighted by Crippen LogP contribution is 2.50. The van der Waals surface area contributed by atoms with Gasteiger partial charge in [0.25, 0.3) is 5.91 Å². The van der Waals surface area contributed by atoms with Gasteiger partial charge in [-0.1, -0.05) is 30.7 Å². The van der Waals surface area contributed by atoms with Crippen LogP contribution in [0.4, 0.5) is 5.69 Å². The molecular weight excluding hydrogens is 314 g/mol. The predicted octanol–water partition coefficient (Wildman–Crippen LogP) is 4.25. The van der Waals surface area contributed by atoms with Gasteiger partial charge in [0.2, 0.25) is 0 Å². The second kappa shape index (κ2) is 4.83. The lowest BCUT2D eigenvalue weighted by molar-refractivity contribution is 0.0692. The molecule has 5 heteroatoms. The summed E-state index contributed by atoms with van der Waals surface area (Å²) in [5.41, 5.74) is 3.06. The SMILES string of the molecule is C[C@@H]1C[C@H]2c3cccc(C(=O)O)c3C(=O)N2c2ccc(Cl)cc21. The summed E-state index contributed by atoms with van der Waals surface area (Å²) in [7, 11) is 0. The van der Waals surface area contributed by atoms with Gasteiger partial charge in [-0.15, -0.1) is 0 Å². The van der Waals surface area contributed by atoms with E-state index in [1.807, 2.05) is 18.2 Å². The maximum atomic E-state index is 12.9. The molecule has 4 rings (SSSR count). The topological polar surface area (TPSA) is 57.6 Å². The molecule has 1 N–H and O–H groups in total. The van der Waals surface area contributed by atoms with Crippen molar-refractivity contribution < 1.29 is 14.7 Å². The maximum Gasteiger partial charge on any atom is 0.336 e. The zero-order valence-corrected chi connectivity index (χ0v) is 13.2. The summed E-state index contributed by atoms with van der Waals surface area (Å²) in [5.74, 6) is -1.06. The lowest BCUT2D eigenvalue weighted by Crippen LogP contribution is -2.33. The molecular formula is C18H14ClNO3. The molecule has 0 unspecified atom stereocenters. The standard InChI is InChI=1S/C18H14ClNO3/c1-9-7-15-11-3-2-4-12(18(22)23)16(11)17(21)20(15)14-6-5-10(19)8-13(9)14/h2-6,8-9,15H,7H2,1H3,(H,22,23)/t9-,15+/m1/s1. The van der Waals surface area contributed by atoms with Gasteiger partial charge >= 0.3 is 5.97 Å². The highest BCUT2D eigenvalue weighted by Gasteiger charge is 2.44. The van der Waals surface area contributed by atoms with E-state index in [1.165, 1.54) is 6.07 Å². The minimum Gasteiger partial charge on any atom is -0.478 e. The number of carbonyl (C=O) groups is 2. The van der Waals surface area contributed by atoms with Gasteiger partial charge in [0.15, 0.2) is 0 Å². The molecule has 0 fully saturated rings. The van der Waals surface area contributed by atoms with E-state index < -0.39 is 5.97 Å². The smallest absolute Gasteiger partial charge is 0.336 e. The number of carboxylic acids is 1. The molecule has 0 spiro atoms. The number of amides is 1. The highest BCUT2D eigenvalue weighted by molar-refractivity contribution is 6.30. The summed E-state index contributed by atoms with van der Waals surface area (Å²) in [4.78, 5) is 26.1. The van der Waals surface area contributed by atoms with Crippen molar-refractivity contribution in [2.45, 2.75) is 25.3 Å². The van der Waals surface area contributed by atoms with Crippen LogP contribution in [0.5, 0.6) is 0 Å². The van der Waals surface area contributed by atoms with Crippen LogP contribution in [0.1, 0.15) is 57.1 Å². The van der Waals surface area contributed by atoms with Crippen LogP contribution in [-0.4, -0.2) is 17.0 Å². The van der Waals surface area contributed by atoms with E-state index in [1.54, 1.807) is 17.0 Å². The third-order valence-electron chi connectivity index (χ3n) is 4.79. The third kappa shape index (κ3) is 1.91. The van der Waals surface area contributed by atoms with E-state index in [2.05, 4.69) is 6.92 Å². The van der Waals surface area contributed by atoms with E-state index in [9.17, 15) is 14.7 Å². The van der Waals surface area contributed by atoms with E-state index in [0.29, 0.717) is 10.6 Å². The van der Waals surface area contributed by atoms with Crippen molar-refractivity contribution in [3.8, 4) is 0 Å². The molecule has 0 bridgehead atoms. The van der Waals surface area contributed by atoms with Crippen LogP contribution in [0.3, 0.4) is 0 Å². The molecule has 2 atom stereocenters. The molecule has 1 amide bonds. The lowest BCUT2D eigenvalue weighted by Gasteiger charge is -2.36.